The monoisotopic (exact) mass is 308 g/mol. The molecular formula is C17H25ClN2O. The number of primary amides is 1. The van der Waals surface area contributed by atoms with E-state index in [2.05, 4.69) is 19.2 Å². The Morgan fingerprint density at radius 1 is 1.38 bits per heavy atom. The van der Waals surface area contributed by atoms with E-state index in [9.17, 15) is 4.79 Å². The molecular weight excluding hydrogens is 284 g/mol. The summed E-state index contributed by atoms with van der Waals surface area (Å²) in [6.45, 7) is 5.35. The second-order valence-electron chi connectivity index (χ2n) is 6.35. The van der Waals surface area contributed by atoms with Gasteiger partial charge in [-0.05, 0) is 42.4 Å². The van der Waals surface area contributed by atoms with Crippen LogP contribution in [0.1, 0.15) is 55.5 Å². The molecule has 21 heavy (non-hydrogen) atoms. The van der Waals surface area contributed by atoms with E-state index in [1.54, 1.807) is 12.1 Å². The van der Waals surface area contributed by atoms with E-state index in [4.69, 9.17) is 17.3 Å². The number of hydrogen-bond acceptors (Lipinski definition) is 2. The van der Waals surface area contributed by atoms with E-state index in [1.165, 1.54) is 25.7 Å². The summed E-state index contributed by atoms with van der Waals surface area (Å²) in [4.78, 5) is 11.1. The zero-order valence-corrected chi connectivity index (χ0v) is 13.6. The van der Waals surface area contributed by atoms with Crippen LogP contribution in [0.25, 0.3) is 0 Å². The van der Waals surface area contributed by atoms with Crippen LogP contribution in [-0.2, 0) is 6.54 Å². The first kappa shape index (κ1) is 16.3. The second kappa shape index (κ2) is 7.28. The zero-order valence-electron chi connectivity index (χ0n) is 12.9. The van der Waals surface area contributed by atoms with Crippen LogP contribution in [0.3, 0.4) is 0 Å². The Balaban J connectivity index is 2.00. The van der Waals surface area contributed by atoms with Crippen molar-refractivity contribution in [2.75, 3.05) is 0 Å². The van der Waals surface area contributed by atoms with Gasteiger partial charge in [-0.1, -0.05) is 44.4 Å². The summed E-state index contributed by atoms with van der Waals surface area (Å²) >= 11 is 6.24. The topological polar surface area (TPSA) is 55.1 Å². The normalized spacial score (nSPS) is 22.5. The van der Waals surface area contributed by atoms with Gasteiger partial charge in [0.15, 0.2) is 0 Å². The van der Waals surface area contributed by atoms with E-state index >= 15 is 0 Å². The van der Waals surface area contributed by atoms with Gasteiger partial charge in [-0.3, -0.25) is 4.79 Å². The number of nitrogens with one attached hydrogen (secondary N) is 1. The molecule has 0 radical (unpaired) electrons. The molecule has 3 nitrogen and oxygen atoms in total. The quantitative estimate of drug-likeness (QED) is 0.870. The first-order valence-electron chi connectivity index (χ1n) is 7.80. The van der Waals surface area contributed by atoms with E-state index in [1.807, 2.05) is 6.07 Å². The fourth-order valence-electron chi connectivity index (χ4n) is 3.30. The minimum atomic E-state index is -0.441. The predicted octanol–water partition coefficient (Wildman–Crippen LogP) is 3.74. The summed E-state index contributed by atoms with van der Waals surface area (Å²) < 4.78 is 0. The Hall–Kier alpha value is -1.06. The largest absolute Gasteiger partial charge is 0.366 e. The molecule has 1 aromatic rings. The third-order valence-corrected chi connectivity index (χ3v) is 4.92. The van der Waals surface area contributed by atoms with Crippen LogP contribution < -0.4 is 11.1 Å². The second-order valence-corrected chi connectivity index (χ2v) is 6.76. The standard InChI is InChI=1S/C17H25ClN2O/c1-11(2)14-5-3-4-6-16(14)20-10-13-8-7-12(17(19)21)9-15(13)18/h7-9,11,14,16,20H,3-6,10H2,1-2H3,(H2,19,21). The predicted molar refractivity (Wildman–Crippen MR) is 87.4 cm³/mol. The summed E-state index contributed by atoms with van der Waals surface area (Å²) in [7, 11) is 0. The minimum Gasteiger partial charge on any atom is -0.366 e. The molecule has 1 aliphatic carbocycles. The molecule has 0 heterocycles. The highest BCUT2D eigenvalue weighted by molar-refractivity contribution is 6.31. The molecule has 1 amide bonds. The van der Waals surface area contributed by atoms with Gasteiger partial charge in [-0.2, -0.15) is 0 Å². The molecule has 0 spiro atoms. The fourth-order valence-corrected chi connectivity index (χ4v) is 3.54. The lowest BCUT2D eigenvalue weighted by Crippen LogP contribution is -2.40. The number of benzene rings is 1. The summed E-state index contributed by atoms with van der Waals surface area (Å²) in [6, 6.07) is 5.85. The number of nitrogens with two attached hydrogens (primary N) is 1. The smallest absolute Gasteiger partial charge is 0.248 e. The lowest BCUT2D eigenvalue weighted by atomic mass is 9.78. The number of hydrogen-bond donors (Lipinski definition) is 2. The summed E-state index contributed by atoms with van der Waals surface area (Å²) in [5.74, 6) is 1.00. The summed E-state index contributed by atoms with van der Waals surface area (Å²) in [5.41, 5.74) is 6.74. The van der Waals surface area contributed by atoms with Gasteiger partial charge in [-0.15, -0.1) is 0 Å². The molecule has 0 aromatic heterocycles. The Morgan fingerprint density at radius 2 is 2.10 bits per heavy atom. The Kier molecular flexibility index (Phi) is 5.65. The zero-order chi connectivity index (χ0) is 15.4. The number of carbonyl (C=O) groups excluding carboxylic acids is 1. The molecule has 0 bridgehead atoms. The maximum absolute atomic E-state index is 11.1. The van der Waals surface area contributed by atoms with E-state index in [-0.39, 0.29) is 0 Å². The van der Waals surface area contributed by atoms with Gasteiger partial charge < -0.3 is 11.1 Å². The fraction of sp³-hybridized carbons (Fsp3) is 0.588. The Bertz CT molecular complexity index is 502. The molecule has 0 saturated heterocycles. The Labute approximate surface area is 132 Å². The third-order valence-electron chi connectivity index (χ3n) is 4.57. The summed E-state index contributed by atoms with van der Waals surface area (Å²) in [5, 5.41) is 4.27. The minimum absolute atomic E-state index is 0.441. The van der Waals surface area contributed by atoms with Crippen molar-refractivity contribution in [2.24, 2.45) is 17.6 Å². The Morgan fingerprint density at radius 3 is 2.71 bits per heavy atom. The average molecular weight is 309 g/mol. The molecule has 0 aliphatic heterocycles. The van der Waals surface area contributed by atoms with Crippen molar-refractivity contribution in [3.8, 4) is 0 Å². The van der Waals surface area contributed by atoms with Gasteiger partial charge in [0.1, 0.15) is 0 Å². The maximum atomic E-state index is 11.1. The molecule has 1 saturated carbocycles. The number of rotatable bonds is 5. The average Bonchev–Trinajstić information content (AvgIpc) is 2.46. The van der Waals surface area contributed by atoms with Crippen LogP contribution in [0.4, 0.5) is 0 Å². The van der Waals surface area contributed by atoms with Crippen molar-refractivity contribution in [1.82, 2.24) is 5.32 Å². The number of carbonyl (C=O) groups is 1. The van der Waals surface area contributed by atoms with Crippen molar-refractivity contribution in [1.29, 1.82) is 0 Å². The van der Waals surface area contributed by atoms with E-state index in [0.29, 0.717) is 22.5 Å². The van der Waals surface area contributed by atoms with Crippen molar-refractivity contribution < 1.29 is 4.79 Å². The van der Waals surface area contributed by atoms with Crippen LogP contribution in [0.15, 0.2) is 18.2 Å². The molecule has 116 valence electrons. The highest BCUT2D eigenvalue weighted by Gasteiger charge is 2.27. The van der Waals surface area contributed by atoms with Gasteiger partial charge in [-0.25, -0.2) is 0 Å². The van der Waals surface area contributed by atoms with Gasteiger partial charge >= 0.3 is 0 Å². The van der Waals surface area contributed by atoms with Gasteiger partial charge in [0.25, 0.3) is 0 Å². The van der Waals surface area contributed by atoms with Crippen molar-refractivity contribution in [3.05, 3.63) is 34.3 Å². The van der Waals surface area contributed by atoms with Crippen LogP contribution >= 0.6 is 11.6 Å². The first-order chi connectivity index (χ1) is 9.99. The number of halogens is 1. The van der Waals surface area contributed by atoms with Crippen molar-refractivity contribution in [2.45, 2.75) is 52.1 Å². The first-order valence-corrected chi connectivity index (χ1v) is 8.18. The third kappa shape index (κ3) is 4.21. The molecule has 1 aromatic carbocycles. The van der Waals surface area contributed by atoms with E-state index < -0.39 is 5.91 Å². The molecule has 4 heteroatoms. The van der Waals surface area contributed by atoms with Gasteiger partial charge in [0, 0.05) is 23.2 Å². The van der Waals surface area contributed by atoms with Gasteiger partial charge in [0.05, 0.1) is 0 Å². The highest BCUT2D eigenvalue weighted by Crippen LogP contribution is 2.30. The highest BCUT2D eigenvalue weighted by atomic mass is 35.5. The molecule has 2 rings (SSSR count). The molecule has 1 fully saturated rings. The van der Waals surface area contributed by atoms with E-state index in [0.717, 1.165) is 18.0 Å². The van der Waals surface area contributed by atoms with Crippen LogP contribution in [-0.4, -0.2) is 11.9 Å². The van der Waals surface area contributed by atoms with Crippen LogP contribution in [0.2, 0.25) is 5.02 Å². The molecule has 2 atom stereocenters. The lowest BCUT2D eigenvalue weighted by Gasteiger charge is -2.35. The number of amides is 1. The molecule has 3 N–H and O–H groups in total. The molecule has 1 aliphatic rings. The maximum Gasteiger partial charge on any atom is 0.248 e. The van der Waals surface area contributed by atoms with Crippen molar-refractivity contribution >= 4 is 17.5 Å². The SMILES string of the molecule is CC(C)C1CCCCC1NCc1ccc(C(N)=O)cc1Cl. The lowest BCUT2D eigenvalue weighted by molar-refractivity contribution is 0.100. The van der Waals surface area contributed by atoms with Crippen molar-refractivity contribution in [3.63, 3.8) is 0 Å². The van der Waals surface area contributed by atoms with Crippen LogP contribution in [0, 0.1) is 11.8 Å². The van der Waals surface area contributed by atoms with Gasteiger partial charge in [0.2, 0.25) is 5.91 Å². The van der Waals surface area contributed by atoms with Crippen LogP contribution in [0.5, 0.6) is 0 Å². The molecule has 2 unspecified atom stereocenters. The summed E-state index contributed by atoms with van der Waals surface area (Å²) in [6.07, 6.45) is 5.19.